The molecule has 1 amide bonds. The lowest BCUT2D eigenvalue weighted by atomic mass is 9.88. The molecule has 0 spiro atoms. The number of carbonyl (C=O) groups is 2. The van der Waals surface area contributed by atoms with Crippen LogP contribution in [0.3, 0.4) is 0 Å². The summed E-state index contributed by atoms with van der Waals surface area (Å²) in [6.07, 6.45) is 1.07. The van der Waals surface area contributed by atoms with Gasteiger partial charge in [-0.15, -0.1) is 11.3 Å². The molecular weight excluding hydrogens is 442 g/mol. The minimum atomic E-state index is -1.03. The number of carboxylic acid groups (broad SMARTS) is 1. The quantitative estimate of drug-likeness (QED) is 0.461. The van der Waals surface area contributed by atoms with Crippen LogP contribution in [0, 0.1) is 0 Å². The van der Waals surface area contributed by atoms with Crippen molar-refractivity contribution in [3.8, 4) is 28.4 Å². The molecule has 2 heterocycles. The fraction of sp³-hybridized carbons (Fsp3) is 0.280. The first-order valence-electron chi connectivity index (χ1n) is 10.6. The maximum Gasteiger partial charge on any atom is 0.346 e. The molecule has 8 heteroatoms. The van der Waals surface area contributed by atoms with Crippen molar-refractivity contribution >= 4 is 28.9 Å². The van der Waals surface area contributed by atoms with Crippen LogP contribution >= 0.6 is 11.3 Å². The number of fused-ring (bicyclic) bond motifs is 1. The summed E-state index contributed by atoms with van der Waals surface area (Å²) in [5.74, 6) is 0.399. The molecule has 1 atom stereocenters. The van der Waals surface area contributed by atoms with Crippen LogP contribution in [0.1, 0.15) is 45.8 Å². The van der Waals surface area contributed by atoms with Crippen molar-refractivity contribution < 1.29 is 28.9 Å². The monoisotopic (exact) mass is 467 g/mol. The van der Waals surface area contributed by atoms with E-state index < -0.39 is 5.97 Å². The third-order valence-corrected chi connectivity index (χ3v) is 6.82. The zero-order valence-corrected chi connectivity index (χ0v) is 19.5. The van der Waals surface area contributed by atoms with Crippen molar-refractivity contribution in [2.75, 3.05) is 26.1 Å². The predicted octanol–water partition coefficient (Wildman–Crippen LogP) is 5.39. The number of carbonyl (C=O) groups excluding carboxylic acids is 1. The summed E-state index contributed by atoms with van der Waals surface area (Å²) >= 11 is 1.20. The van der Waals surface area contributed by atoms with Gasteiger partial charge in [-0.3, -0.25) is 4.79 Å². The number of benzene rings is 2. The highest BCUT2D eigenvalue weighted by molar-refractivity contribution is 7.15. The number of carboxylic acids is 1. The molecule has 7 nitrogen and oxygen atoms in total. The smallest absolute Gasteiger partial charge is 0.346 e. The minimum absolute atomic E-state index is 0.163. The Morgan fingerprint density at radius 2 is 1.88 bits per heavy atom. The number of aromatic carboxylic acids is 1. The number of anilines is 1. The van der Waals surface area contributed by atoms with Crippen molar-refractivity contribution in [2.45, 2.75) is 25.7 Å². The Morgan fingerprint density at radius 1 is 1.12 bits per heavy atom. The van der Waals surface area contributed by atoms with E-state index in [0.717, 1.165) is 16.9 Å². The third-order valence-electron chi connectivity index (χ3n) is 5.53. The van der Waals surface area contributed by atoms with Crippen LogP contribution in [0.15, 0.2) is 42.5 Å². The number of nitrogens with one attached hydrogen (secondary N) is 1. The van der Waals surface area contributed by atoms with Gasteiger partial charge in [0.25, 0.3) is 0 Å². The molecular formula is C25H25NO6S. The van der Waals surface area contributed by atoms with Gasteiger partial charge in [-0.1, -0.05) is 25.1 Å². The van der Waals surface area contributed by atoms with E-state index in [4.69, 9.17) is 14.2 Å². The molecule has 0 fully saturated rings. The molecule has 0 saturated carbocycles. The second-order valence-corrected chi connectivity index (χ2v) is 8.69. The van der Waals surface area contributed by atoms with Gasteiger partial charge in [-0.05, 0) is 41.8 Å². The molecule has 1 aliphatic rings. The summed E-state index contributed by atoms with van der Waals surface area (Å²) in [7, 11) is 3.15. The maximum absolute atomic E-state index is 12.7. The van der Waals surface area contributed by atoms with Gasteiger partial charge in [0.1, 0.15) is 10.6 Å². The van der Waals surface area contributed by atoms with Crippen molar-refractivity contribution in [1.29, 1.82) is 0 Å². The highest BCUT2D eigenvalue weighted by Crippen LogP contribution is 2.50. The predicted molar refractivity (Wildman–Crippen MR) is 127 cm³/mol. The average molecular weight is 468 g/mol. The topological polar surface area (TPSA) is 94.1 Å². The Hall–Kier alpha value is -3.52. The first kappa shape index (κ1) is 22.7. The molecule has 2 N–H and O–H groups in total. The molecule has 2 aromatic carbocycles. The Morgan fingerprint density at radius 3 is 2.52 bits per heavy atom. The molecule has 4 rings (SSSR count). The highest BCUT2D eigenvalue weighted by atomic mass is 32.1. The molecule has 0 saturated heterocycles. The third kappa shape index (κ3) is 4.39. The molecule has 0 radical (unpaired) electrons. The molecule has 3 aromatic rings. The lowest BCUT2D eigenvalue weighted by molar-refractivity contribution is -0.116. The van der Waals surface area contributed by atoms with E-state index in [1.165, 1.54) is 11.3 Å². The number of ether oxygens (including phenoxy) is 3. The summed E-state index contributed by atoms with van der Waals surface area (Å²) in [6.45, 7) is 2.56. The van der Waals surface area contributed by atoms with E-state index in [2.05, 4.69) is 5.32 Å². The lowest BCUT2D eigenvalue weighted by Crippen LogP contribution is -2.22. The maximum atomic E-state index is 12.7. The van der Waals surface area contributed by atoms with Gasteiger partial charge in [0.15, 0.2) is 11.5 Å². The van der Waals surface area contributed by atoms with Gasteiger partial charge in [0.2, 0.25) is 5.91 Å². The van der Waals surface area contributed by atoms with Gasteiger partial charge in [-0.25, -0.2) is 4.79 Å². The Kier molecular flexibility index (Phi) is 6.55. The first-order valence-corrected chi connectivity index (χ1v) is 11.4. The van der Waals surface area contributed by atoms with Crippen molar-refractivity contribution in [2.24, 2.45) is 0 Å². The van der Waals surface area contributed by atoms with E-state index in [9.17, 15) is 14.7 Å². The van der Waals surface area contributed by atoms with Crippen LogP contribution < -0.4 is 19.5 Å². The van der Waals surface area contributed by atoms with Crippen LogP contribution in [0.25, 0.3) is 11.1 Å². The Bertz CT molecular complexity index is 1180. The summed E-state index contributed by atoms with van der Waals surface area (Å²) in [4.78, 5) is 25.9. The summed E-state index contributed by atoms with van der Waals surface area (Å²) in [6, 6.07) is 12.7. The van der Waals surface area contributed by atoms with Crippen LogP contribution in [-0.2, 0) is 4.79 Å². The van der Waals surface area contributed by atoms with Crippen LogP contribution in [-0.4, -0.2) is 37.8 Å². The van der Waals surface area contributed by atoms with Crippen LogP contribution in [0.5, 0.6) is 17.2 Å². The fourth-order valence-electron chi connectivity index (χ4n) is 3.97. The van der Waals surface area contributed by atoms with E-state index in [1.807, 2.05) is 25.1 Å². The molecule has 172 valence electrons. The van der Waals surface area contributed by atoms with Gasteiger partial charge in [0, 0.05) is 22.8 Å². The van der Waals surface area contributed by atoms with Gasteiger partial charge >= 0.3 is 5.97 Å². The molecule has 0 unspecified atom stereocenters. The SMILES string of the molecule is CCCOc1cc([C@H]2CC(=O)Nc3c2sc(C(=O)O)c3-c2ccc(OC)cc2)ccc1OC. The van der Waals surface area contributed by atoms with Crippen LogP contribution in [0.2, 0.25) is 0 Å². The van der Waals surface area contributed by atoms with Crippen molar-refractivity contribution in [1.82, 2.24) is 0 Å². The average Bonchev–Trinajstić information content (AvgIpc) is 3.21. The normalized spacial score (nSPS) is 14.9. The fourth-order valence-corrected chi connectivity index (χ4v) is 5.22. The van der Waals surface area contributed by atoms with E-state index in [0.29, 0.717) is 40.7 Å². The van der Waals surface area contributed by atoms with E-state index in [1.54, 1.807) is 38.5 Å². The Balaban J connectivity index is 1.84. The largest absolute Gasteiger partial charge is 0.497 e. The minimum Gasteiger partial charge on any atom is -0.497 e. The van der Waals surface area contributed by atoms with Crippen molar-refractivity contribution in [3.05, 3.63) is 57.8 Å². The number of rotatable bonds is 8. The molecule has 1 aliphatic heterocycles. The van der Waals surface area contributed by atoms with E-state index >= 15 is 0 Å². The highest BCUT2D eigenvalue weighted by Gasteiger charge is 2.34. The number of methoxy groups -OCH3 is 2. The van der Waals surface area contributed by atoms with Gasteiger partial charge in [-0.2, -0.15) is 0 Å². The number of hydrogen-bond acceptors (Lipinski definition) is 6. The molecule has 1 aromatic heterocycles. The van der Waals surface area contributed by atoms with Crippen LogP contribution in [0.4, 0.5) is 5.69 Å². The second kappa shape index (κ2) is 9.54. The summed E-state index contributed by atoms with van der Waals surface area (Å²) < 4.78 is 16.5. The molecule has 0 bridgehead atoms. The number of amides is 1. The van der Waals surface area contributed by atoms with E-state index in [-0.39, 0.29) is 23.1 Å². The molecule has 0 aliphatic carbocycles. The zero-order valence-electron chi connectivity index (χ0n) is 18.6. The van der Waals surface area contributed by atoms with Gasteiger partial charge < -0.3 is 24.6 Å². The summed E-state index contributed by atoms with van der Waals surface area (Å²) in [5, 5.41) is 12.9. The lowest BCUT2D eigenvalue weighted by Gasteiger charge is -2.24. The second-order valence-electron chi connectivity index (χ2n) is 7.64. The standard InChI is InChI=1S/C25H25NO6S/c1-4-11-32-19-12-15(7-10-18(19)31-3)17-13-20(27)26-22-21(24(25(28)29)33-23(17)22)14-5-8-16(30-2)9-6-14/h5-10,12,17H,4,11,13H2,1-3H3,(H,26,27)(H,28,29)/t17-/m1/s1. The number of hydrogen-bond donors (Lipinski definition) is 2. The zero-order chi connectivity index (χ0) is 23.5. The van der Waals surface area contributed by atoms with Gasteiger partial charge in [0.05, 0.1) is 26.5 Å². The summed E-state index contributed by atoms with van der Waals surface area (Å²) in [5.41, 5.74) is 2.64. The van der Waals surface area contributed by atoms with Crippen molar-refractivity contribution in [3.63, 3.8) is 0 Å². The number of thiophene rings is 1. The molecule has 33 heavy (non-hydrogen) atoms. The Labute approximate surface area is 195 Å². The first-order chi connectivity index (χ1) is 16.0.